The second kappa shape index (κ2) is 19.2. The van der Waals surface area contributed by atoms with Crippen molar-refractivity contribution in [1.82, 2.24) is 19.9 Å². The molecule has 58 heavy (non-hydrogen) atoms. The lowest BCUT2D eigenvalue weighted by molar-refractivity contribution is -0.383. The normalized spacial score (nSPS) is 12.3. The third kappa shape index (κ3) is 10.0. The van der Waals surface area contributed by atoms with Crippen molar-refractivity contribution < 1.29 is 14.4 Å². The van der Waals surface area contributed by atoms with Gasteiger partial charge in [0.25, 0.3) is 5.69 Å². The van der Waals surface area contributed by atoms with Crippen LogP contribution in [0.4, 0.5) is 11.4 Å². The van der Waals surface area contributed by atoms with Crippen LogP contribution >= 0.6 is 63.7 Å². The average Bonchev–Trinajstić information content (AvgIpc) is 3.25. The number of ether oxygens (including phenoxy) is 2. The molecule has 0 radical (unpaired) electrons. The standard InChI is InChI=1S/C20H11Br2N3O2.C20H13Br2N3.C4H8O2/c21-14-8-4-12(5-9-14)18-19(13-6-10-15(22)11-7-13)24-20-16(23-18)2-1-3-17(20)25(26)27;21-14-8-4-12(5-9-14)18-19(13-6-10-15(22)11-7-13)25-20-16(23)2-1-3-17(20)24-18;1-2-6-4-3-5-1/h1-11H;1-11H,23H2;1-4H2. The first kappa shape index (κ1) is 41.2. The molecular weight excluding hydrogens is 996 g/mol. The topological polar surface area (TPSA) is 139 Å². The summed E-state index contributed by atoms with van der Waals surface area (Å²) in [6.45, 7) is 3.11. The Hall–Kier alpha value is -4.96. The molecule has 0 unspecified atom stereocenters. The fraction of sp³-hybridized carbons (Fsp3) is 0.0909. The van der Waals surface area contributed by atoms with Crippen molar-refractivity contribution in [1.29, 1.82) is 0 Å². The lowest BCUT2D eigenvalue weighted by atomic mass is 10.0. The molecule has 0 aliphatic carbocycles. The van der Waals surface area contributed by atoms with Crippen LogP contribution < -0.4 is 5.73 Å². The Balaban J connectivity index is 0.000000155. The number of nitro benzene ring substituents is 1. The fourth-order valence-corrected chi connectivity index (χ4v) is 7.04. The summed E-state index contributed by atoms with van der Waals surface area (Å²) in [7, 11) is 0. The molecule has 0 saturated carbocycles. The van der Waals surface area contributed by atoms with Crippen LogP contribution in [0.25, 0.3) is 67.1 Å². The maximum atomic E-state index is 11.4. The highest BCUT2D eigenvalue weighted by Gasteiger charge is 2.20. The van der Waals surface area contributed by atoms with Gasteiger partial charge in [0.1, 0.15) is 5.52 Å². The number of nitrogens with two attached hydrogens (primary N) is 1. The van der Waals surface area contributed by atoms with E-state index in [1.165, 1.54) is 6.07 Å². The molecule has 14 heteroatoms. The highest BCUT2D eigenvalue weighted by atomic mass is 79.9. The van der Waals surface area contributed by atoms with Gasteiger partial charge >= 0.3 is 0 Å². The van der Waals surface area contributed by atoms with E-state index in [-0.39, 0.29) is 11.2 Å². The summed E-state index contributed by atoms with van der Waals surface area (Å²) in [6.07, 6.45) is 0. The Kier molecular flexibility index (Phi) is 13.6. The number of nitrogens with zero attached hydrogens (tertiary/aromatic N) is 5. The monoisotopic (exact) mass is 1020 g/mol. The number of nitro groups is 1. The van der Waals surface area contributed by atoms with Crippen LogP contribution in [0.15, 0.2) is 151 Å². The summed E-state index contributed by atoms with van der Waals surface area (Å²) >= 11 is 13.8. The Morgan fingerprint density at radius 1 is 0.466 bits per heavy atom. The Morgan fingerprint density at radius 3 is 1.16 bits per heavy atom. The number of para-hydroxylation sites is 2. The number of non-ortho nitro benzene ring substituents is 1. The summed E-state index contributed by atoms with van der Waals surface area (Å²) in [5, 5.41) is 11.4. The molecule has 1 fully saturated rings. The highest BCUT2D eigenvalue weighted by molar-refractivity contribution is 9.11. The molecular formula is C44H32Br4N6O4. The summed E-state index contributed by atoms with van der Waals surface area (Å²) in [5.74, 6) is 0. The number of rotatable bonds is 5. The molecule has 8 aromatic rings. The van der Waals surface area contributed by atoms with E-state index in [4.69, 9.17) is 30.2 Å². The molecule has 10 nitrogen and oxygen atoms in total. The SMILES string of the molecule is C1COCCO1.Nc1cccc2nc(-c3ccc(Br)cc3)c(-c3ccc(Br)cc3)nc12.O=[N+]([O-])c1cccc2nc(-c3ccc(Br)cc3)c(-c3ccc(Br)cc3)nc12. The minimum atomic E-state index is -0.429. The molecule has 9 rings (SSSR count). The van der Waals surface area contributed by atoms with Crippen molar-refractivity contribution >= 4 is 97.2 Å². The Bertz CT molecular complexity index is 2690. The van der Waals surface area contributed by atoms with Gasteiger partial charge in [-0.3, -0.25) is 10.1 Å². The zero-order valence-corrected chi connectivity index (χ0v) is 36.8. The number of nitrogen functional groups attached to an aromatic ring is 1. The maximum Gasteiger partial charge on any atom is 0.297 e. The number of anilines is 1. The van der Waals surface area contributed by atoms with Crippen LogP contribution in [0.3, 0.4) is 0 Å². The van der Waals surface area contributed by atoms with E-state index in [0.29, 0.717) is 22.6 Å². The van der Waals surface area contributed by atoms with Gasteiger partial charge in [0.05, 0.1) is 70.8 Å². The molecule has 1 aliphatic rings. The number of halogens is 4. The molecule has 0 amide bonds. The molecule has 6 aromatic carbocycles. The summed E-state index contributed by atoms with van der Waals surface area (Å²) in [5.41, 5.74) is 15.7. The second-order valence-corrected chi connectivity index (χ2v) is 16.4. The van der Waals surface area contributed by atoms with Gasteiger partial charge in [0.15, 0.2) is 5.52 Å². The number of fused-ring (bicyclic) bond motifs is 2. The van der Waals surface area contributed by atoms with Crippen molar-refractivity contribution in [2.75, 3.05) is 32.2 Å². The minimum Gasteiger partial charge on any atom is -0.397 e. The van der Waals surface area contributed by atoms with Gasteiger partial charge in [-0.2, -0.15) is 0 Å². The van der Waals surface area contributed by atoms with Crippen LogP contribution in [-0.4, -0.2) is 51.3 Å². The third-order valence-electron chi connectivity index (χ3n) is 8.81. The number of benzene rings is 6. The number of hydrogen-bond donors (Lipinski definition) is 1. The highest BCUT2D eigenvalue weighted by Crippen LogP contribution is 2.36. The Labute approximate surface area is 367 Å². The quantitative estimate of drug-likeness (QED) is 0.101. The molecule has 290 valence electrons. The van der Waals surface area contributed by atoms with Crippen LogP contribution in [0.1, 0.15) is 0 Å². The van der Waals surface area contributed by atoms with Crippen molar-refractivity contribution in [2.24, 2.45) is 0 Å². The van der Waals surface area contributed by atoms with Gasteiger partial charge in [-0.25, -0.2) is 19.9 Å². The maximum absolute atomic E-state index is 11.4. The fourth-order valence-electron chi connectivity index (χ4n) is 5.98. The zero-order valence-electron chi connectivity index (χ0n) is 30.5. The molecule has 1 aliphatic heterocycles. The molecule has 3 heterocycles. The van der Waals surface area contributed by atoms with Gasteiger partial charge in [-0.1, -0.05) is 124 Å². The summed E-state index contributed by atoms with van der Waals surface area (Å²) < 4.78 is 13.8. The van der Waals surface area contributed by atoms with E-state index >= 15 is 0 Å². The van der Waals surface area contributed by atoms with Gasteiger partial charge in [0.2, 0.25) is 0 Å². The molecule has 0 atom stereocenters. The third-order valence-corrected chi connectivity index (χ3v) is 10.9. The van der Waals surface area contributed by atoms with E-state index in [1.54, 1.807) is 12.1 Å². The second-order valence-electron chi connectivity index (χ2n) is 12.7. The van der Waals surface area contributed by atoms with E-state index < -0.39 is 4.92 Å². The zero-order chi connectivity index (χ0) is 40.6. The smallest absolute Gasteiger partial charge is 0.297 e. The largest absolute Gasteiger partial charge is 0.397 e. The first-order valence-corrected chi connectivity index (χ1v) is 21.0. The van der Waals surface area contributed by atoms with Gasteiger partial charge in [0, 0.05) is 46.2 Å². The molecule has 1 saturated heterocycles. The van der Waals surface area contributed by atoms with E-state index in [1.807, 2.05) is 115 Å². The summed E-state index contributed by atoms with van der Waals surface area (Å²) in [6, 6.07) is 42.0. The van der Waals surface area contributed by atoms with Crippen LogP contribution in [-0.2, 0) is 9.47 Å². The van der Waals surface area contributed by atoms with Crippen molar-refractivity contribution in [3.63, 3.8) is 0 Å². The predicted molar refractivity (Wildman–Crippen MR) is 244 cm³/mol. The lowest BCUT2D eigenvalue weighted by Crippen LogP contribution is -2.16. The first-order chi connectivity index (χ1) is 28.1. The van der Waals surface area contributed by atoms with Crippen LogP contribution in [0.5, 0.6) is 0 Å². The van der Waals surface area contributed by atoms with Crippen LogP contribution in [0.2, 0.25) is 0 Å². The Morgan fingerprint density at radius 2 is 0.793 bits per heavy atom. The number of hydrogen-bond acceptors (Lipinski definition) is 9. The van der Waals surface area contributed by atoms with E-state index in [2.05, 4.69) is 68.7 Å². The van der Waals surface area contributed by atoms with E-state index in [9.17, 15) is 10.1 Å². The number of aromatic nitrogens is 4. The predicted octanol–water partition coefficient (Wildman–Crippen LogP) is 12.5. The van der Waals surface area contributed by atoms with Crippen molar-refractivity contribution in [2.45, 2.75) is 0 Å². The minimum absolute atomic E-state index is 0.0549. The van der Waals surface area contributed by atoms with Gasteiger partial charge in [-0.15, -0.1) is 0 Å². The first-order valence-electron chi connectivity index (χ1n) is 17.9. The van der Waals surface area contributed by atoms with Crippen molar-refractivity contribution in [3.05, 3.63) is 161 Å². The molecule has 0 bridgehead atoms. The van der Waals surface area contributed by atoms with E-state index in [0.717, 1.165) is 89.0 Å². The van der Waals surface area contributed by atoms with Gasteiger partial charge < -0.3 is 15.2 Å². The van der Waals surface area contributed by atoms with Crippen molar-refractivity contribution in [3.8, 4) is 45.0 Å². The molecule has 0 spiro atoms. The molecule has 2 aromatic heterocycles. The molecule has 2 N–H and O–H groups in total. The summed E-state index contributed by atoms with van der Waals surface area (Å²) in [4.78, 5) is 30.1. The van der Waals surface area contributed by atoms with Crippen LogP contribution in [0, 0.1) is 10.1 Å². The lowest BCUT2D eigenvalue weighted by Gasteiger charge is -2.12. The average molecular weight is 1030 g/mol. The van der Waals surface area contributed by atoms with Gasteiger partial charge in [-0.05, 0) is 66.7 Å².